The van der Waals surface area contributed by atoms with Gasteiger partial charge in [-0.3, -0.25) is 9.59 Å². The van der Waals surface area contributed by atoms with Crippen LogP contribution in [-0.4, -0.2) is 11.6 Å². The van der Waals surface area contributed by atoms with Crippen LogP contribution >= 0.6 is 0 Å². The molecule has 0 saturated heterocycles. The molecule has 2 nitrogen and oxygen atoms in total. The van der Waals surface area contributed by atoms with Crippen molar-refractivity contribution in [3.8, 4) is 0 Å². The predicted molar refractivity (Wildman–Crippen MR) is 48.8 cm³/mol. The van der Waals surface area contributed by atoms with Crippen molar-refractivity contribution in [2.45, 2.75) is 6.92 Å². The molecule has 0 radical (unpaired) electrons. The molecule has 0 spiro atoms. The monoisotopic (exact) mass is 190 g/mol. The minimum atomic E-state index is -0.627. The van der Waals surface area contributed by atoms with E-state index in [9.17, 15) is 14.0 Å². The molecule has 0 amide bonds. The molecule has 1 aliphatic rings. The van der Waals surface area contributed by atoms with Crippen LogP contribution < -0.4 is 0 Å². The zero-order valence-electron chi connectivity index (χ0n) is 7.50. The number of halogens is 1. The van der Waals surface area contributed by atoms with Crippen molar-refractivity contribution >= 4 is 11.6 Å². The summed E-state index contributed by atoms with van der Waals surface area (Å²) in [5.74, 6) is -1.52. The number of fused-ring (bicyclic) bond motifs is 1. The van der Waals surface area contributed by atoms with Crippen LogP contribution in [-0.2, 0) is 0 Å². The van der Waals surface area contributed by atoms with E-state index < -0.39 is 11.6 Å². The van der Waals surface area contributed by atoms with E-state index >= 15 is 0 Å². The number of Topliss-reactive ketones (excluding diaryl/α,β-unsaturated/α-hetero) is 2. The van der Waals surface area contributed by atoms with Crippen LogP contribution in [0.15, 0.2) is 29.8 Å². The maximum atomic E-state index is 13.2. The van der Waals surface area contributed by atoms with E-state index in [1.165, 1.54) is 24.3 Å². The lowest BCUT2D eigenvalue weighted by molar-refractivity contribution is 0.0987. The van der Waals surface area contributed by atoms with Gasteiger partial charge in [0.2, 0.25) is 0 Å². The molecule has 0 unspecified atom stereocenters. The molecule has 0 N–H and O–H groups in total. The molecule has 0 saturated carbocycles. The Hall–Kier alpha value is -1.77. The van der Waals surface area contributed by atoms with E-state index in [1.807, 2.05) is 0 Å². The SMILES string of the molecule is C/C=C1/C(=O)c2cccc(F)c2C1=O. The van der Waals surface area contributed by atoms with E-state index in [0.717, 1.165) is 0 Å². The Kier molecular flexibility index (Phi) is 1.81. The number of benzene rings is 1. The average Bonchev–Trinajstić information content (AvgIpc) is 2.41. The Morgan fingerprint density at radius 2 is 1.93 bits per heavy atom. The maximum Gasteiger partial charge on any atom is 0.200 e. The molecule has 1 aliphatic carbocycles. The second kappa shape index (κ2) is 2.87. The van der Waals surface area contributed by atoms with Crippen molar-refractivity contribution in [2.24, 2.45) is 0 Å². The van der Waals surface area contributed by atoms with Crippen molar-refractivity contribution < 1.29 is 14.0 Å². The van der Waals surface area contributed by atoms with Gasteiger partial charge in [-0.05, 0) is 13.0 Å². The van der Waals surface area contributed by atoms with Crippen LogP contribution in [0.25, 0.3) is 0 Å². The van der Waals surface area contributed by atoms with Crippen molar-refractivity contribution in [1.82, 2.24) is 0 Å². The topological polar surface area (TPSA) is 34.1 Å². The van der Waals surface area contributed by atoms with Crippen molar-refractivity contribution in [3.05, 3.63) is 46.8 Å². The zero-order chi connectivity index (χ0) is 10.3. The Morgan fingerprint density at radius 3 is 2.50 bits per heavy atom. The van der Waals surface area contributed by atoms with Crippen LogP contribution in [0, 0.1) is 5.82 Å². The summed E-state index contributed by atoms with van der Waals surface area (Å²) in [5.41, 5.74) is 0.138. The first-order valence-electron chi connectivity index (χ1n) is 4.21. The van der Waals surface area contributed by atoms with E-state index in [4.69, 9.17) is 0 Å². The minimum Gasteiger partial charge on any atom is -0.288 e. The van der Waals surface area contributed by atoms with Gasteiger partial charge in [0, 0.05) is 5.56 Å². The summed E-state index contributed by atoms with van der Waals surface area (Å²) < 4.78 is 13.2. The largest absolute Gasteiger partial charge is 0.288 e. The lowest BCUT2D eigenvalue weighted by Gasteiger charge is -1.94. The molecule has 0 bridgehead atoms. The van der Waals surface area contributed by atoms with Gasteiger partial charge in [0.25, 0.3) is 0 Å². The highest BCUT2D eigenvalue weighted by atomic mass is 19.1. The summed E-state index contributed by atoms with van der Waals surface area (Å²) >= 11 is 0. The average molecular weight is 190 g/mol. The van der Waals surface area contributed by atoms with Gasteiger partial charge in [-0.15, -0.1) is 0 Å². The van der Waals surface area contributed by atoms with Crippen molar-refractivity contribution in [2.75, 3.05) is 0 Å². The van der Waals surface area contributed by atoms with Crippen molar-refractivity contribution in [1.29, 1.82) is 0 Å². The highest BCUT2D eigenvalue weighted by Gasteiger charge is 2.34. The minimum absolute atomic E-state index is 0.0603. The number of ketones is 2. The summed E-state index contributed by atoms with van der Waals surface area (Å²) in [6.45, 7) is 1.59. The van der Waals surface area contributed by atoms with Crippen LogP contribution in [0.5, 0.6) is 0 Å². The Morgan fingerprint density at radius 1 is 1.21 bits per heavy atom. The third kappa shape index (κ3) is 0.954. The number of rotatable bonds is 0. The first-order chi connectivity index (χ1) is 6.66. The molecule has 3 heteroatoms. The van der Waals surface area contributed by atoms with Gasteiger partial charge in [0.15, 0.2) is 11.6 Å². The highest BCUT2D eigenvalue weighted by molar-refractivity contribution is 6.39. The maximum absolute atomic E-state index is 13.2. The quantitative estimate of drug-likeness (QED) is 0.464. The number of allylic oxidation sites excluding steroid dienone is 2. The number of carbonyl (C=O) groups excluding carboxylic acids is 2. The van der Waals surface area contributed by atoms with Crippen LogP contribution in [0.3, 0.4) is 0 Å². The molecule has 1 aromatic carbocycles. The first-order valence-corrected chi connectivity index (χ1v) is 4.21. The van der Waals surface area contributed by atoms with Gasteiger partial charge in [-0.25, -0.2) is 4.39 Å². The standard InChI is InChI=1S/C11H7FO2/c1-2-6-10(13)7-4-3-5-8(12)9(7)11(6)14/h2-5H,1H3/b6-2-. The van der Waals surface area contributed by atoms with Crippen LogP contribution in [0.2, 0.25) is 0 Å². The molecule has 0 heterocycles. The molecule has 0 aromatic heterocycles. The smallest absolute Gasteiger partial charge is 0.200 e. The molecular formula is C11H7FO2. The fraction of sp³-hybridized carbons (Fsp3) is 0.0909. The Balaban J connectivity index is 2.77. The summed E-state index contributed by atoms with van der Waals surface area (Å²) in [6.07, 6.45) is 1.42. The van der Waals surface area contributed by atoms with E-state index in [-0.39, 0.29) is 22.5 Å². The van der Waals surface area contributed by atoms with E-state index in [2.05, 4.69) is 0 Å². The summed E-state index contributed by atoms with van der Waals surface area (Å²) in [5, 5.41) is 0. The molecular weight excluding hydrogens is 183 g/mol. The lowest BCUT2D eigenvalue weighted by atomic mass is 10.1. The summed E-state index contributed by atoms with van der Waals surface area (Å²) in [6, 6.07) is 4.08. The highest BCUT2D eigenvalue weighted by Crippen LogP contribution is 2.27. The molecule has 70 valence electrons. The number of hydrogen-bond donors (Lipinski definition) is 0. The van der Waals surface area contributed by atoms with Crippen LogP contribution in [0.1, 0.15) is 27.6 Å². The zero-order valence-corrected chi connectivity index (χ0v) is 7.50. The van der Waals surface area contributed by atoms with Crippen molar-refractivity contribution in [3.63, 3.8) is 0 Å². The van der Waals surface area contributed by atoms with Crippen LogP contribution in [0.4, 0.5) is 4.39 Å². The molecule has 14 heavy (non-hydrogen) atoms. The molecule has 2 rings (SSSR count). The van der Waals surface area contributed by atoms with E-state index in [0.29, 0.717) is 0 Å². The van der Waals surface area contributed by atoms with Gasteiger partial charge >= 0.3 is 0 Å². The lowest BCUT2D eigenvalue weighted by Crippen LogP contribution is -2.00. The first kappa shape index (κ1) is 8.81. The van der Waals surface area contributed by atoms with Gasteiger partial charge in [-0.2, -0.15) is 0 Å². The molecule has 0 fully saturated rings. The van der Waals surface area contributed by atoms with Gasteiger partial charge in [0.1, 0.15) is 5.82 Å². The third-order valence-corrected chi connectivity index (χ3v) is 2.26. The molecule has 1 aromatic rings. The van der Waals surface area contributed by atoms with Gasteiger partial charge < -0.3 is 0 Å². The third-order valence-electron chi connectivity index (χ3n) is 2.26. The number of carbonyl (C=O) groups is 2. The Labute approximate surface area is 80.0 Å². The van der Waals surface area contributed by atoms with Gasteiger partial charge in [0.05, 0.1) is 11.1 Å². The molecule has 0 atom stereocenters. The predicted octanol–water partition coefficient (Wildman–Crippen LogP) is 2.15. The Bertz CT molecular complexity index is 472. The normalized spacial score (nSPS) is 17.7. The summed E-state index contributed by atoms with van der Waals surface area (Å²) in [4.78, 5) is 23.1. The fourth-order valence-corrected chi connectivity index (χ4v) is 1.59. The summed E-state index contributed by atoms with van der Waals surface area (Å²) in [7, 11) is 0. The second-order valence-corrected chi connectivity index (χ2v) is 3.02. The molecule has 0 aliphatic heterocycles. The van der Waals surface area contributed by atoms with Gasteiger partial charge in [-0.1, -0.05) is 18.2 Å². The fourth-order valence-electron chi connectivity index (χ4n) is 1.59. The van der Waals surface area contributed by atoms with E-state index in [1.54, 1.807) is 6.92 Å². The second-order valence-electron chi connectivity index (χ2n) is 3.02. The number of hydrogen-bond acceptors (Lipinski definition) is 2.